The van der Waals surface area contributed by atoms with E-state index in [1.165, 1.54) is 11.1 Å². The van der Waals surface area contributed by atoms with E-state index in [-0.39, 0.29) is 0 Å². The monoisotopic (exact) mass is 249 g/mol. The molecule has 0 unspecified atom stereocenters. The van der Waals surface area contributed by atoms with Gasteiger partial charge < -0.3 is 0 Å². The summed E-state index contributed by atoms with van der Waals surface area (Å²) in [6.07, 6.45) is 3.84. The molecule has 2 aromatic rings. The number of halogens is 1. The number of aromatic nitrogens is 3. The Morgan fingerprint density at radius 1 is 1.24 bits per heavy atom. The summed E-state index contributed by atoms with van der Waals surface area (Å²) >= 11 is 5.65. The van der Waals surface area contributed by atoms with Crippen LogP contribution in [-0.2, 0) is 13.0 Å². The molecule has 90 valence electrons. The van der Waals surface area contributed by atoms with Crippen LogP contribution in [0.2, 0.25) is 0 Å². The van der Waals surface area contributed by atoms with Crippen LogP contribution in [0.5, 0.6) is 0 Å². The van der Waals surface area contributed by atoms with Crippen LogP contribution in [0.3, 0.4) is 0 Å². The maximum absolute atomic E-state index is 5.65. The van der Waals surface area contributed by atoms with Gasteiger partial charge in [-0.25, -0.2) is 4.68 Å². The summed E-state index contributed by atoms with van der Waals surface area (Å²) in [7, 11) is 0. The zero-order chi connectivity index (χ0) is 12.1. The maximum Gasteiger partial charge on any atom is 0.0827 e. The van der Waals surface area contributed by atoms with Crippen molar-refractivity contribution in [1.29, 1.82) is 0 Å². The van der Waals surface area contributed by atoms with E-state index < -0.39 is 0 Å². The first kappa shape index (κ1) is 12.1. The Kier molecular flexibility index (Phi) is 4.15. The molecule has 1 aromatic carbocycles. The summed E-state index contributed by atoms with van der Waals surface area (Å²) in [5.74, 6) is 0.671. The van der Waals surface area contributed by atoms with Gasteiger partial charge in [0.15, 0.2) is 0 Å². The van der Waals surface area contributed by atoms with Crippen molar-refractivity contribution >= 4 is 11.6 Å². The molecule has 0 bridgehead atoms. The molecule has 1 aromatic heterocycles. The molecule has 0 atom stereocenters. The van der Waals surface area contributed by atoms with Gasteiger partial charge in [-0.3, -0.25) is 0 Å². The van der Waals surface area contributed by atoms with Crippen molar-refractivity contribution in [3.8, 4) is 0 Å². The van der Waals surface area contributed by atoms with Crippen LogP contribution in [0.1, 0.15) is 23.2 Å². The van der Waals surface area contributed by atoms with Gasteiger partial charge in [0.25, 0.3) is 0 Å². The molecule has 0 saturated heterocycles. The highest BCUT2D eigenvalue weighted by atomic mass is 35.5. The van der Waals surface area contributed by atoms with E-state index in [0.717, 1.165) is 25.1 Å². The molecular weight excluding hydrogens is 234 g/mol. The fraction of sp³-hybridized carbons (Fsp3) is 0.385. The number of alkyl halides is 1. The van der Waals surface area contributed by atoms with Gasteiger partial charge in [-0.1, -0.05) is 35.0 Å². The number of hydrogen-bond donors (Lipinski definition) is 0. The van der Waals surface area contributed by atoms with Crippen molar-refractivity contribution in [2.45, 2.75) is 26.3 Å². The molecule has 0 aliphatic rings. The molecular formula is C13H16ClN3. The van der Waals surface area contributed by atoms with E-state index in [1.807, 2.05) is 10.9 Å². The van der Waals surface area contributed by atoms with Crippen molar-refractivity contribution in [1.82, 2.24) is 15.0 Å². The number of hydrogen-bond acceptors (Lipinski definition) is 2. The molecule has 3 nitrogen and oxygen atoms in total. The number of rotatable bonds is 5. The van der Waals surface area contributed by atoms with Crippen LogP contribution in [-0.4, -0.2) is 20.9 Å². The van der Waals surface area contributed by atoms with Gasteiger partial charge >= 0.3 is 0 Å². The van der Waals surface area contributed by atoms with Crippen LogP contribution >= 0.6 is 11.6 Å². The first-order valence-corrected chi connectivity index (χ1v) is 6.32. The molecule has 4 heteroatoms. The lowest BCUT2D eigenvalue weighted by molar-refractivity contribution is 0.649. The topological polar surface area (TPSA) is 30.7 Å². The lowest BCUT2D eigenvalue weighted by atomic mass is 10.1. The SMILES string of the molecule is Cc1ccc(Cn2cc(CCCCl)nn2)cc1. The minimum atomic E-state index is 0.671. The highest BCUT2D eigenvalue weighted by Crippen LogP contribution is 2.06. The number of benzene rings is 1. The normalized spacial score (nSPS) is 10.7. The molecule has 0 spiro atoms. The van der Waals surface area contributed by atoms with Crippen molar-refractivity contribution < 1.29 is 0 Å². The van der Waals surface area contributed by atoms with Crippen LogP contribution < -0.4 is 0 Å². The van der Waals surface area contributed by atoms with Crippen LogP contribution in [0.4, 0.5) is 0 Å². The number of aryl methyl sites for hydroxylation is 2. The van der Waals surface area contributed by atoms with E-state index in [2.05, 4.69) is 41.5 Å². The van der Waals surface area contributed by atoms with Gasteiger partial charge in [-0.15, -0.1) is 16.7 Å². The van der Waals surface area contributed by atoms with Crippen molar-refractivity contribution in [2.24, 2.45) is 0 Å². The summed E-state index contributed by atoms with van der Waals surface area (Å²) in [6.45, 7) is 2.86. The Labute approximate surface area is 106 Å². The molecule has 0 radical (unpaired) electrons. The smallest absolute Gasteiger partial charge is 0.0827 e. The second kappa shape index (κ2) is 5.82. The predicted molar refractivity (Wildman–Crippen MR) is 69.3 cm³/mol. The number of nitrogens with zero attached hydrogens (tertiary/aromatic N) is 3. The van der Waals surface area contributed by atoms with E-state index in [4.69, 9.17) is 11.6 Å². The Bertz CT molecular complexity index is 462. The van der Waals surface area contributed by atoms with Crippen LogP contribution in [0.15, 0.2) is 30.5 Å². The lowest BCUT2D eigenvalue weighted by Crippen LogP contribution is -2.00. The molecule has 1 heterocycles. The van der Waals surface area contributed by atoms with Crippen molar-refractivity contribution in [2.75, 3.05) is 5.88 Å². The van der Waals surface area contributed by atoms with E-state index in [9.17, 15) is 0 Å². The van der Waals surface area contributed by atoms with Crippen molar-refractivity contribution in [3.05, 3.63) is 47.3 Å². The second-order valence-electron chi connectivity index (χ2n) is 4.19. The quantitative estimate of drug-likeness (QED) is 0.763. The van der Waals surface area contributed by atoms with Crippen LogP contribution in [0, 0.1) is 6.92 Å². The van der Waals surface area contributed by atoms with E-state index >= 15 is 0 Å². The fourth-order valence-electron chi connectivity index (χ4n) is 1.66. The summed E-state index contributed by atoms with van der Waals surface area (Å²) < 4.78 is 1.87. The molecule has 2 rings (SSSR count). The molecule has 0 N–H and O–H groups in total. The van der Waals surface area contributed by atoms with Gasteiger partial charge in [-0.2, -0.15) is 0 Å². The minimum Gasteiger partial charge on any atom is -0.248 e. The molecule has 0 saturated carbocycles. The highest BCUT2D eigenvalue weighted by Gasteiger charge is 2.01. The standard InChI is InChI=1S/C13H16ClN3/c1-11-4-6-12(7-5-11)9-17-10-13(15-16-17)3-2-8-14/h4-7,10H,2-3,8-9H2,1H3. The summed E-state index contributed by atoms with van der Waals surface area (Å²) in [6, 6.07) is 8.46. The average molecular weight is 250 g/mol. The Morgan fingerprint density at radius 2 is 2.00 bits per heavy atom. The zero-order valence-corrected chi connectivity index (χ0v) is 10.7. The second-order valence-corrected chi connectivity index (χ2v) is 4.56. The third-order valence-electron chi connectivity index (χ3n) is 2.62. The van der Waals surface area contributed by atoms with Gasteiger partial charge in [0.1, 0.15) is 0 Å². The summed E-state index contributed by atoms with van der Waals surface area (Å²) in [5.41, 5.74) is 3.53. The molecule has 0 amide bonds. The summed E-state index contributed by atoms with van der Waals surface area (Å²) in [4.78, 5) is 0. The van der Waals surface area contributed by atoms with Gasteiger partial charge in [0, 0.05) is 12.1 Å². The first-order chi connectivity index (χ1) is 8.28. The minimum absolute atomic E-state index is 0.671. The lowest BCUT2D eigenvalue weighted by Gasteiger charge is -2.01. The molecule has 0 fully saturated rings. The molecule has 0 aliphatic heterocycles. The van der Waals surface area contributed by atoms with Gasteiger partial charge in [0.2, 0.25) is 0 Å². The third-order valence-corrected chi connectivity index (χ3v) is 2.89. The van der Waals surface area contributed by atoms with E-state index in [0.29, 0.717) is 5.88 Å². The fourth-order valence-corrected chi connectivity index (χ4v) is 1.79. The van der Waals surface area contributed by atoms with Gasteiger partial charge in [-0.05, 0) is 25.3 Å². The van der Waals surface area contributed by atoms with E-state index in [1.54, 1.807) is 0 Å². The Morgan fingerprint density at radius 3 is 2.71 bits per heavy atom. The Balaban J connectivity index is 1.98. The average Bonchev–Trinajstić information content (AvgIpc) is 2.77. The third kappa shape index (κ3) is 3.56. The largest absolute Gasteiger partial charge is 0.248 e. The zero-order valence-electron chi connectivity index (χ0n) is 9.93. The maximum atomic E-state index is 5.65. The Hall–Kier alpha value is -1.35. The first-order valence-electron chi connectivity index (χ1n) is 5.78. The van der Waals surface area contributed by atoms with Gasteiger partial charge in [0.05, 0.1) is 12.2 Å². The molecule has 0 aliphatic carbocycles. The molecule has 17 heavy (non-hydrogen) atoms. The highest BCUT2D eigenvalue weighted by molar-refractivity contribution is 6.17. The summed E-state index contributed by atoms with van der Waals surface area (Å²) in [5, 5.41) is 8.23. The van der Waals surface area contributed by atoms with Crippen LogP contribution in [0.25, 0.3) is 0 Å². The van der Waals surface area contributed by atoms with Crippen molar-refractivity contribution in [3.63, 3.8) is 0 Å². The predicted octanol–water partition coefficient (Wildman–Crippen LogP) is 2.81.